The fourth-order valence-electron chi connectivity index (χ4n) is 4.74. The van der Waals surface area contributed by atoms with Gasteiger partial charge in [0.2, 0.25) is 0 Å². The number of rotatable bonds is 3. The molecule has 0 saturated heterocycles. The van der Waals surface area contributed by atoms with E-state index in [0.29, 0.717) is 0 Å². The molecule has 0 spiro atoms. The normalized spacial score (nSPS) is 12.5. The van der Waals surface area contributed by atoms with Gasteiger partial charge in [-0.15, -0.1) is 0 Å². The molecule has 42 heavy (non-hydrogen) atoms. The van der Waals surface area contributed by atoms with Gasteiger partial charge in [-0.2, -0.15) is 18.2 Å². The molecule has 0 amide bonds. The Morgan fingerprint density at radius 1 is 0.595 bits per heavy atom. The van der Waals surface area contributed by atoms with Gasteiger partial charge in [-0.25, -0.2) is 12.1 Å². The Balaban J connectivity index is 0.000000927. The molecule has 0 nitrogen and oxygen atoms in total. The van der Waals surface area contributed by atoms with Gasteiger partial charge in [-0.3, -0.25) is 0 Å². The molecule has 0 N–H and O–H groups in total. The standard InChI is InChI=1S/C33H44.C5H5.2ClH.Fe.Sb/c1-30(2,3)26-16-24(17-27(20-26)31(4,5)6)22-13-14-23(15-22)25-18-28(32(7,8)9)21-29(19-25)33(10,11)12;1-2-4-5-3-1;;;;/h13-14,16-21H,1-12H3;1-5H;2*1H;;/q2*-1;;;2*+2/p-2. The second-order valence-electron chi connectivity index (χ2n) is 15.3. The van der Waals surface area contributed by atoms with Crippen molar-refractivity contribution in [3.05, 3.63) is 101 Å². The topological polar surface area (TPSA) is 0 Å². The molecule has 0 aliphatic rings. The molecule has 0 aliphatic carbocycles. The van der Waals surface area contributed by atoms with Crippen LogP contribution in [0.4, 0.5) is 0 Å². The van der Waals surface area contributed by atoms with Gasteiger partial charge in [0.05, 0.1) is 0 Å². The largest absolute Gasteiger partial charge is 2.00 e. The van der Waals surface area contributed by atoms with Crippen LogP contribution in [0.25, 0.3) is 22.3 Å². The Morgan fingerprint density at radius 3 is 1.29 bits per heavy atom. The summed E-state index contributed by atoms with van der Waals surface area (Å²) in [5.74, 6) is 0. The van der Waals surface area contributed by atoms with Crippen LogP contribution in [0.3, 0.4) is 0 Å². The zero-order chi connectivity index (χ0) is 31.0. The van der Waals surface area contributed by atoms with E-state index in [1.54, 1.807) is 0 Å². The average molecular weight is 754 g/mol. The molecule has 0 aliphatic heterocycles. The van der Waals surface area contributed by atoms with E-state index in [0.717, 1.165) is 0 Å². The van der Waals surface area contributed by atoms with Crippen LogP contribution in [-0.2, 0) is 38.7 Å². The van der Waals surface area contributed by atoms with Crippen LogP contribution in [0.15, 0.2) is 78.9 Å². The van der Waals surface area contributed by atoms with Crippen molar-refractivity contribution >= 4 is 39.1 Å². The smallest absolute Gasteiger partial charge is 0.214 e. The quantitative estimate of drug-likeness (QED) is 0.144. The molecule has 0 unspecified atom stereocenters. The van der Waals surface area contributed by atoms with E-state index >= 15 is 0 Å². The van der Waals surface area contributed by atoms with Crippen LogP contribution in [0.2, 0.25) is 0 Å². The van der Waals surface area contributed by atoms with Crippen molar-refractivity contribution in [2.24, 2.45) is 0 Å². The fourth-order valence-corrected chi connectivity index (χ4v) is 9.38. The molecule has 4 heteroatoms. The predicted octanol–water partition coefficient (Wildman–Crippen LogP) is 11.5. The second-order valence-corrected chi connectivity index (χ2v) is 23.6. The van der Waals surface area contributed by atoms with Crippen molar-refractivity contribution in [1.29, 1.82) is 0 Å². The number of benzene rings is 2. The van der Waals surface area contributed by atoms with E-state index in [1.807, 2.05) is 30.3 Å². The van der Waals surface area contributed by atoms with Gasteiger partial charge in [0, 0.05) is 0 Å². The van der Waals surface area contributed by atoms with Crippen molar-refractivity contribution in [2.75, 3.05) is 0 Å². The Labute approximate surface area is 282 Å². The molecule has 4 aromatic carbocycles. The number of hydrogen-bond donors (Lipinski definition) is 0. The maximum absolute atomic E-state index is 6.92. The third-order valence-corrected chi connectivity index (χ3v) is 12.2. The van der Waals surface area contributed by atoms with Crippen molar-refractivity contribution in [3.63, 3.8) is 0 Å². The Hall–Kier alpha value is -0.942. The van der Waals surface area contributed by atoms with Crippen molar-refractivity contribution in [1.82, 2.24) is 0 Å². The summed E-state index contributed by atoms with van der Waals surface area (Å²) < 4.78 is 1.18. The first kappa shape index (κ1) is 37.2. The summed E-state index contributed by atoms with van der Waals surface area (Å²) in [5.41, 5.74) is 10.4. The molecule has 228 valence electrons. The van der Waals surface area contributed by atoms with E-state index in [1.165, 1.54) is 48.0 Å². The van der Waals surface area contributed by atoms with Crippen molar-refractivity contribution in [3.8, 4) is 22.3 Å². The minimum absolute atomic E-state index is 0. The zero-order valence-electron chi connectivity index (χ0n) is 27.6. The van der Waals surface area contributed by atoms with E-state index < -0.39 is 17.9 Å². The number of hydrogen-bond acceptors (Lipinski definition) is 0. The van der Waals surface area contributed by atoms with Gasteiger partial charge < -0.3 is 0 Å². The maximum Gasteiger partial charge on any atom is 2.00 e. The SMILES string of the molecule is CC(C)(C)c1cc(-c2cc[c-](-c3cc(C(C)(C)C)cc(C(C)(C)C)c3)[c]2[Sb]([Cl])[Cl])cc(C(C)(C)C)c1.[Fe+2].c1cc[cH-]c1. The summed E-state index contributed by atoms with van der Waals surface area (Å²) in [7, 11) is 13.8. The van der Waals surface area contributed by atoms with Crippen molar-refractivity contribution < 1.29 is 17.1 Å². The van der Waals surface area contributed by atoms with Crippen LogP contribution in [0, 0.1) is 0 Å². The molecule has 4 rings (SSSR count). The molecule has 0 saturated carbocycles. The molecular formula is C38H49Cl2FeSb. The van der Waals surface area contributed by atoms with Gasteiger partial charge in [-0.05, 0) is 0 Å². The first-order valence-corrected chi connectivity index (χ1v) is 22.3. The van der Waals surface area contributed by atoms with Gasteiger partial charge in [0.1, 0.15) is 0 Å². The Bertz CT molecular complexity index is 1260. The van der Waals surface area contributed by atoms with E-state index in [9.17, 15) is 0 Å². The third kappa shape index (κ3) is 9.53. The molecule has 0 radical (unpaired) electrons. The monoisotopic (exact) mass is 752 g/mol. The predicted molar refractivity (Wildman–Crippen MR) is 187 cm³/mol. The molecule has 4 aromatic rings. The molecule has 0 aromatic heterocycles. The van der Waals surface area contributed by atoms with E-state index in [-0.39, 0.29) is 38.7 Å². The minimum atomic E-state index is -2.68. The molecule has 0 fully saturated rings. The van der Waals surface area contributed by atoms with Gasteiger partial charge in [0.25, 0.3) is 0 Å². The maximum atomic E-state index is 6.92. The first-order valence-electron chi connectivity index (χ1n) is 14.6. The Kier molecular flexibility index (Phi) is 12.4. The summed E-state index contributed by atoms with van der Waals surface area (Å²) in [4.78, 5) is 0. The zero-order valence-corrected chi connectivity index (χ0v) is 32.7. The van der Waals surface area contributed by atoms with Crippen molar-refractivity contribution in [2.45, 2.75) is 105 Å². The minimum Gasteiger partial charge on any atom is -0.214 e. The van der Waals surface area contributed by atoms with Crippen LogP contribution in [-0.4, -0.2) is 17.9 Å². The fraction of sp³-hybridized carbons (Fsp3) is 0.421. The van der Waals surface area contributed by atoms with Crippen LogP contribution in [0.1, 0.15) is 105 Å². The van der Waals surface area contributed by atoms with Crippen LogP contribution in [0.5, 0.6) is 0 Å². The molecular weight excluding hydrogens is 705 g/mol. The Morgan fingerprint density at radius 2 is 0.976 bits per heavy atom. The molecule has 0 bridgehead atoms. The summed E-state index contributed by atoms with van der Waals surface area (Å²) in [5, 5.41) is 0. The van der Waals surface area contributed by atoms with Gasteiger partial charge in [-0.1, -0.05) is 0 Å². The summed E-state index contributed by atoms with van der Waals surface area (Å²) in [6.45, 7) is 27.4. The second kappa shape index (κ2) is 14.0. The van der Waals surface area contributed by atoms with E-state index in [4.69, 9.17) is 17.7 Å². The molecule has 0 heterocycles. The summed E-state index contributed by atoms with van der Waals surface area (Å²) in [6, 6.07) is 28.6. The third-order valence-electron chi connectivity index (χ3n) is 7.60. The van der Waals surface area contributed by atoms with Gasteiger partial charge >= 0.3 is 254 Å². The van der Waals surface area contributed by atoms with Crippen LogP contribution < -0.4 is 3.51 Å². The molecule has 0 atom stereocenters. The first-order chi connectivity index (χ1) is 18.7. The van der Waals surface area contributed by atoms with Gasteiger partial charge in [0.15, 0.2) is 0 Å². The number of halogens is 2. The average Bonchev–Trinajstić information content (AvgIpc) is 3.55. The summed E-state index contributed by atoms with van der Waals surface area (Å²) in [6.07, 6.45) is 0. The summed E-state index contributed by atoms with van der Waals surface area (Å²) >= 11 is -2.68. The van der Waals surface area contributed by atoms with Crippen LogP contribution >= 0.6 is 17.7 Å². The van der Waals surface area contributed by atoms with E-state index in [2.05, 4.69) is 132 Å².